The number of nitrogens with zero attached hydrogens (tertiary/aromatic N) is 4. The Kier molecular flexibility index (Phi) is 4.52. The van der Waals surface area contributed by atoms with E-state index in [0.717, 1.165) is 32.5 Å². The molecule has 0 saturated carbocycles. The van der Waals surface area contributed by atoms with Crippen LogP contribution in [0.4, 0.5) is 0 Å². The molecular weight excluding hydrogens is 226 g/mol. The summed E-state index contributed by atoms with van der Waals surface area (Å²) in [5, 5.41) is 11.9. The Labute approximate surface area is 108 Å². The lowest BCUT2D eigenvalue weighted by Crippen LogP contribution is -2.16. The number of rotatable bonds is 7. The van der Waals surface area contributed by atoms with Crippen LogP contribution in [0.3, 0.4) is 0 Å². The van der Waals surface area contributed by atoms with E-state index in [1.165, 1.54) is 11.1 Å². The second kappa shape index (κ2) is 6.35. The Morgan fingerprint density at radius 1 is 1.17 bits per heavy atom. The van der Waals surface area contributed by atoms with Crippen molar-refractivity contribution in [1.29, 1.82) is 0 Å². The van der Waals surface area contributed by atoms with Crippen LogP contribution in [-0.2, 0) is 26.6 Å². The summed E-state index contributed by atoms with van der Waals surface area (Å²) in [4.78, 5) is 0. The van der Waals surface area contributed by atoms with E-state index in [-0.39, 0.29) is 0 Å². The number of aryl methyl sites for hydroxylation is 2. The molecule has 0 fully saturated rings. The highest BCUT2D eigenvalue weighted by Crippen LogP contribution is 1.99. The fourth-order valence-corrected chi connectivity index (χ4v) is 1.92. The Hall–Kier alpha value is -1.62. The number of nitrogens with one attached hydrogen (secondary N) is 1. The zero-order chi connectivity index (χ0) is 12.8. The topological polar surface area (TPSA) is 47.7 Å². The van der Waals surface area contributed by atoms with Gasteiger partial charge in [-0.15, -0.1) is 0 Å². The monoisotopic (exact) mass is 247 g/mol. The van der Waals surface area contributed by atoms with Crippen LogP contribution in [0.25, 0.3) is 0 Å². The quantitative estimate of drug-likeness (QED) is 0.752. The molecule has 0 aliphatic rings. The normalized spacial score (nSPS) is 11.0. The smallest absolute Gasteiger partial charge is 0.0534 e. The third-order valence-corrected chi connectivity index (χ3v) is 2.82. The molecule has 18 heavy (non-hydrogen) atoms. The van der Waals surface area contributed by atoms with Crippen molar-refractivity contribution in [2.24, 2.45) is 7.05 Å². The van der Waals surface area contributed by atoms with Crippen LogP contribution < -0.4 is 5.32 Å². The molecule has 0 atom stereocenters. The van der Waals surface area contributed by atoms with Gasteiger partial charge in [0.1, 0.15) is 0 Å². The fraction of sp³-hybridized carbons (Fsp3) is 0.538. The van der Waals surface area contributed by atoms with Crippen molar-refractivity contribution in [3.8, 4) is 0 Å². The highest BCUT2D eigenvalue weighted by molar-refractivity contribution is 5.05. The van der Waals surface area contributed by atoms with Gasteiger partial charge in [0.25, 0.3) is 0 Å². The molecule has 0 bridgehead atoms. The largest absolute Gasteiger partial charge is 0.312 e. The number of hydrogen-bond acceptors (Lipinski definition) is 3. The van der Waals surface area contributed by atoms with E-state index in [1.807, 2.05) is 28.8 Å². The lowest BCUT2D eigenvalue weighted by Gasteiger charge is -2.01. The van der Waals surface area contributed by atoms with E-state index >= 15 is 0 Å². The molecule has 2 aromatic heterocycles. The van der Waals surface area contributed by atoms with Gasteiger partial charge >= 0.3 is 0 Å². The summed E-state index contributed by atoms with van der Waals surface area (Å²) in [5.41, 5.74) is 2.52. The zero-order valence-corrected chi connectivity index (χ0v) is 11.1. The van der Waals surface area contributed by atoms with Crippen LogP contribution >= 0.6 is 0 Å². The molecule has 0 aliphatic heterocycles. The minimum atomic E-state index is 0.879. The van der Waals surface area contributed by atoms with Crippen LogP contribution in [-0.4, -0.2) is 26.1 Å². The maximum Gasteiger partial charge on any atom is 0.0534 e. The van der Waals surface area contributed by atoms with E-state index in [2.05, 4.69) is 34.8 Å². The lowest BCUT2D eigenvalue weighted by atomic mass is 10.2. The van der Waals surface area contributed by atoms with Gasteiger partial charge in [-0.25, -0.2) is 0 Å². The molecule has 2 rings (SSSR count). The molecule has 0 radical (unpaired) electrons. The van der Waals surface area contributed by atoms with Gasteiger partial charge in [0.2, 0.25) is 0 Å². The van der Waals surface area contributed by atoms with E-state index in [1.54, 1.807) is 0 Å². The average molecular weight is 247 g/mol. The summed E-state index contributed by atoms with van der Waals surface area (Å²) < 4.78 is 3.84. The number of hydrogen-bond donors (Lipinski definition) is 1. The maximum absolute atomic E-state index is 4.31. The summed E-state index contributed by atoms with van der Waals surface area (Å²) in [5.74, 6) is 0. The first kappa shape index (κ1) is 12.8. The van der Waals surface area contributed by atoms with Crippen molar-refractivity contribution in [3.05, 3.63) is 35.9 Å². The maximum atomic E-state index is 4.31. The van der Waals surface area contributed by atoms with Gasteiger partial charge in [-0.1, -0.05) is 6.92 Å². The second-order valence-corrected chi connectivity index (χ2v) is 4.56. The highest BCUT2D eigenvalue weighted by Gasteiger charge is 1.99. The first-order chi connectivity index (χ1) is 8.78. The summed E-state index contributed by atoms with van der Waals surface area (Å²) in [6.07, 6.45) is 10.2. The Balaban J connectivity index is 1.68. The Morgan fingerprint density at radius 2 is 2.00 bits per heavy atom. The van der Waals surface area contributed by atoms with Crippen LogP contribution in [0.5, 0.6) is 0 Å². The summed E-state index contributed by atoms with van der Waals surface area (Å²) in [6, 6.07) is 0. The third kappa shape index (κ3) is 3.70. The van der Waals surface area contributed by atoms with E-state index in [0.29, 0.717) is 0 Å². The highest BCUT2D eigenvalue weighted by atomic mass is 15.3. The van der Waals surface area contributed by atoms with Gasteiger partial charge in [0, 0.05) is 38.1 Å². The third-order valence-electron chi connectivity index (χ3n) is 2.82. The van der Waals surface area contributed by atoms with Crippen molar-refractivity contribution in [1.82, 2.24) is 24.9 Å². The Bertz CT molecular complexity index is 471. The van der Waals surface area contributed by atoms with Gasteiger partial charge in [0.15, 0.2) is 0 Å². The predicted octanol–water partition coefficient (Wildman–Crippen LogP) is 1.36. The molecule has 0 aromatic carbocycles. The molecule has 5 heteroatoms. The first-order valence-electron chi connectivity index (χ1n) is 6.47. The molecule has 0 unspecified atom stereocenters. The Morgan fingerprint density at radius 3 is 2.72 bits per heavy atom. The van der Waals surface area contributed by atoms with Crippen LogP contribution in [0, 0.1) is 0 Å². The average Bonchev–Trinajstić information content (AvgIpc) is 2.95. The predicted molar refractivity (Wildman–Crippen MR) is 71.1 cm³/mol. The molecule has 0 spiro atoms. The first-order valence-corrected chi connectivity index (χ1v) is 6.47. The number of aromatic nitrogens is 4. The van der Waals surface area contributed by atoms with E-state index in [4.69, 9.17) is 0 Å². The van der Waals surface area contributed by atoms with Crippen molar-refractivity contribution in [2.75, 3.05) is 6.54 Å². The van der Waals surface area contributed by atoms with Gasteiger partial charge in [-0.2, -0.15) is 10.2 Å². The van der Waals surface area contributed by atoms with Crippen molar-refractivity contribution >= 4 is 0 Å². The van der Waals surface area contributed by atoms with E-state index in [9.17, 15) is 0 Å². The molecule has 5 nitrogen and oxygen atoms in total. The summed E-state index contributed by atoms with van der Waals surface area (Å²) >= 11 is 0. The summed E-state index contributed by atoms with van der Waals surface area (Å²) in [6.45, 7) is 5.00. The van der Waals surface area contributed by atoms with Crippen LogP contribution in [0.15, 0.2) is 24.8 Å². The van der Waals surface area contributed by atoms with Gasteiger partial charge in [-0.3, -0.25) is 9.36 Å². The zero-order valence-electron chi connectivity index (χ0n) is 11.1. The van der Waals surface area contributed by atoms with Gasteiger partial charge in [0.05, 0.1) is 12.4 Å². The lowest BCUT2D eigenvalue weighted by molar-refractivity contribution is 0.601. The molecule has 1 N–H and O–H groups in total. The SMILES string of the molecule is CCCn1cc(CNCCc2cnn(C)c2)cn1. The molecular formula is C13H21N5. The molecule has 0 saturated heterocycles. The molecule has 2 aromatic rings. The van der Waals surface area contributed by atoms with Gasteiger partial charge in [-0.05, 0) is 24.9 Å². The van der Waals surface area contributed by atoms with E-state index < -0.39 is 0 Å². The molecule has 0 aliphatic carbocycles. The van der Waals surface area contributed by atoms with Crippen LogP contribution in [0.2, 0.25) is 0 Å². The molecule has 98 valence electrons. The standard InChI is InChI=1S/C13H21N5/c1-3-6-18-11-13(9-16-18)7-14-5-4-12-8-15-17(2)10-12/h8-11,14H,3-7H2,1-2H3. The molecule has 0 amide bonds. The van der Waals surface area contributed by atoms with Crippen LogP contribution in [0.1, 0.15) is 24.5 Å². The van der Waals surface area contributed by atoms with Crippen molar-refractivity contribution in [3.63, 3.8) is 0 Å². The molecule has 2 heterocycles. The summed E-state index contributed by atoms with van der Waals surface area (Å²) in [7, 11) is 1.94. The fourth-order valence-electron chi connectivity index (χ4n) is 1.92. The minimum Gasteiger partial charge on any atom is -0.312 e. The van der Waals surface area contributed by atoms with Crippen molar-refractivity contribution in [2.45, 2.75) is 32.9 Å². The second-order valence-electron chi connectivity index (χ2n) is 4.56. The minimum absolute atomic E-state index is 0.879. The van der Waals surface area contributed by atoms with Gasteiger partial charge < -0.3 is 5.32 Å². The van der Waals surface area contributed by atoms with Crippen molar-refractivity contribution < 1.29 is 0 Å².